The van der Waals surface area contributed by atoms with Crippen molar-refractivity contribution in [2.45, 2.75) is 9.79 Å². The van der Waals surface area contributed by atoms with E-state index in [1.807, 2.05) is 10.3 Å². The van der Waals surface area contributed by atoms with Crippen molar-refractivity contribution in [3.8, 4) is 0 Å². The maximum Gasteiger partial charge on any atom is 0.257 e. The van der Waals surface area contributed by atoms with E-state index in [0.29, 0.717) is 0 Å². The molecule has 0 bridgehead atoms. The Balaban J connectivity index is 3.15. The summed E-state index contributed by atoms with van der Waals surface area (Å²) in [5, 5.41) is 4.62. The minimum Gasteiger partial charge on any atom is -0.375 e. The highest BCUT2D eigenvalue weighted by Gasteiger charge is 2.17. The Labute approximate surface area is 109 Å². The van der Waals surface area contributed by atoms with E-state index < -0.39 is 20.0 Å². The third-order valence-electron chi connectivity index (χ3n) is 1.75. The van der Waals surface area contributed by atoms with Crippen molar-refractivity contribution in [2.24, 2.45) is 10.9 Å². The molecule has 0 atom stereocenters. The Morgan fingerprint density at radius 3 is 2.22 bits per heavy atom. The highest BCUT2D eigenvalue weighted by atomic mass is 32.2. The second-order valence-corrected chi connectivity index (χ2v) is 6.80. The van der Waals surface area contributed by atoms with Gasteiger partial charge < -0.3 is 5.73 Å². The second kappa shape index (κ2) is 5.16. The standard InChI is InChI=1S/C7H10N4O4S3/c8-7(16)10-11-18(14,15)6-3-1-2-5(4-6)17(9,12)13/h1-4,11H,(H3,8,10,16)(H2,9,12,13). The molecule has 0 aliphatic rings. The van der Waals surface area contributed by atoms with Crippen LogP contribution >= 0.6 is 12.2 Å². The predicted molar refractivity (Wildman–Crippen MR) is 68.1 cm³/mol. The Morgan fingerprint density at radius 2 is 1.72 bits per heavy atom. The Bertz CT molecular complexity index is 668. The van der Waals surface area contributed by atoms with E-state index in [4.69, 9.17) is 10.9 Å². The number of nitrogens with two attached hydrogens (primary N) is 2. The highest BCUT2D eigenvalue weighted by Crippen LogP contribution is 2.13. The molecule has 0 amide bonds. The van der Waals surface area contributed by atoms with Gasteiger partial charge >= 0.3 is 0 Å². The van der Waals surface area contributed by atoms with Gasteiger partial charge in [0.05, 0.1) is 9.79 Å². The fourth-order valence-corrected chi connectivity index (χ4v) is 2.65. The molecule has 0 aromatic heterocycles. The van der Waals surface area contributed by atoms with Crippen LogP contribution in [0.3, 0.4) is 0 Å². The van der Waals surface area contributed by atoms with Gasteiger partial charge in [0.25, 0.3) is 10.0 Å². The zero-order valence-electron chi connectivity index (χ0n) is 8.82. The summed E-state index contributed by atoms with van der Waals surface area (Å²) in [5.41, 5.74) is 7.09. The van der Waals surface area contributed by atoms with Gasteiger partial charge in [-0.25, -0.2) is 22.0 Å². The van der Waals surface area contributed by atoms with E-state index in [1.54, 1.807) is 0 Å². The van der Waals surface area contributed by atoms with Gasteiger partial charge in [0, 0.05) is 0 Å². The van der Waals surface area contributed by atoms with Crippen LogP contribution in [0.5, 0.6) is 0 Å². The molecule has 0 heterocycles. The molecule has 0 aliphatic carbocycles. The lowest BCUT2D eigenvalue weighted by Gasteiger charge is -2.08. The van der Waals surface area contributed by atoms with E-state index in [-0.39, 0.29) is 14.9 Å². The number of hydrazine groups is 1. The first-order valence-electron chi connectivity index (χ1n) is 4.33. The number of benzene rings is 1. The van der Waals surface area contributed by atoms with E-state index in [2.05, 4.69) is 12.2 Å². The molecule has 18 heavy (non-hydrogen) atoms. The molecule has 11 heteroatoms. The zero-order valence-corrected chi connectivity index (χ0v) is 11.3. The normalized spacial score (nSPS) is 12.1. The van der Waals surface area contributed by atoms with Crippen LogP contribution < -0.4 is 21.1 Å². The second-order valence-electron chi connectivity index (χ2n) is 3.11. The molecule has 0 saturated heterocycles. The Hall–Kier alpha value is -1.27. The van der Waals surface area contributed by atoms with Gasteiger partial charge in [0.2, 0.25) is 10.0 Å². The molecule has 6 N–H and O–H groups in total. The van der Waals surface area contributed by atoms with Crippen molar-refractivity contribution >= 4 is 37.4 Å². The van der Waals surface area contributed by atoms with Gasteiger partial charge in [-0.05, 0) is 30.4 Å². The molecule has 0 saturated carbocycles. The smallest absolute Gasteiger partial charge is 0.257 e. The largest absolute Gasteiger partial charge is 0.375 e. The summed E-state index contributed by atoms with van der Waals surface area (Å²) < 4.78 is 45.6. The highest BCUT2D eigenvalue weighted by molar-refractivity contribution is 7.90. The first-order chi connectivity index (χ1) is 8.13. The van der Waals surface area contributed by atoms with Crippen LogP contribution in [0.1, 0.15) is 0 Å². The molecule has 1 rings (SSSR count). The van der Waals surface area contributed by atoms with Crippen LogP contribution in [0, 0.1) is 0 Å². The van der Waals surface area contributed by atoms with Crippen LogP contribution in [0.4, 0.5) is 0 Å². The van der Waals surface area contributed by atoms with Gasteiger partial charge in [-0.1, -0.05) is 6.07 Å². The van der Waals surface area contributed by atoms with Gasteiger partial charge in [0.15, 0.2) is 5.11 Å². The zero-order chi connectivity index (χ0) is 14.0. The number of hydrogen-bond donors (Lipinski definition) is 4. The van der Waals surface area contributed by atoms with Crippen LogP contribution in [-0.2, 0) is 20.0 Å². The Kier molecular flexibility index (Phi) is 4.24. The minimum atomic E-state index is -3.99. The summed E-state index contributed by atoms with van der Waals surface area (Å²) in [6.07, 6.45) is 0. The van der Waals surface area contributed by atoms with Crippen molar-refractivity contribution in [2.75, 3.05) is 0 Å². The summed E-state index contributed by atoms with van der Waals surface area (Å²) in [5.74, 6) is 0. The number of sulfonamides is 2. The lowest BCUT2D eigenvalue weighted by Crippen LogP contribution is -2.44. The maximum absolute atomic E-state index is 11.7. The van der Waals surface area contributed by atoms with Crippen molar-refractivity contribution in [1.29, 1.82) is 0 Å². The summed E-state index contributed by atoms with van der Waals surface area (Å²) in [4.78, 5) is 1.26. The molecule has 1 aromatic rings. The number of primary sulfonamides is 1. The van der Waals surface area contributed by atoms with E-state index in [9.17, 15) is 16.8 Å². The molecule has 0 fully saturated rings. The van der Waals surface area contributed by atoms with Crippen molar-refractivity contribution in [3.63, 3.8) is 0 Å². The summed E-state index contributed by atoms with van der Waals surface area (Å²) >= 11 is 4.42. The minimum absolute atomic E-state index is 0.277. The molecule has 0 spiro atoms. The first kappa shape index (κ1) is 14.8. The quantitative estimate of drug-likeness (QED) is 0.385. The van der Waals surface area contributed by atoms with Gasteiger partial charge in [-0.3, -0.25) is 5.43 Å². The fourth-order valence-electron chi connectivity index (χ4n) is 0.995. The lowest BCUT2D eigenvalue weighted by atomic mass is 10.4. The van der Waals surface area contributed by atoms with Crippen molar-refractivity contribution in [3.05, 3.63) is 24.3 Å². The topological polar surface area (TPSA) is 144 Å². The molecule has 1 aromatic carbocycles. The third-order valence-corrected chi connectivity index (χ3v) is 4.01. The van der Waals surface area contributed by atoms with Gasteiger partial charge in [-0.15, -0.1) is 4.83 Å². The average Bonchev–Trinajstić information content (AvgIpc) is 2.26. The molecule has 0 aliphatic heterocycles. The molecular formula is C7H10N4O4S3. The number of thiocarbonyl (C=S) groups is 1. The molecule has 100 valence electrons. The van der Waals surface area contributed by atoms with Crippen molar-refractivity contribution < 1.29 is 16.8 Å². The SMILES string of the molecule is NC(=S)NNS(=O)(=O)c1cccc(S(N)(=O)=O)c1. The molecule has 0 radical (unpaired) electrons. The fraction of sp³-hybridized carbons (Fsp3) is 0. The van der Waals surface area contributed by atoms with Crippen LogP contribution in [0.15, 0.2) is 34.1 Å². The van der Waals surface area contributed by atoms with Gasteiger partial charge in [-0.2, -0.15) is 0 Å². The summed E-state index contributed by atoms with van der Waals surface area (Å²) in [6.45, 7) is 0. The van der Waals surface area contributed by atoms with E-state index >= 15 is 0 Å². The Morgan fingerprint density at radius 1 is 1.17 bits per heavy atom. The number of hydrogen-bond acceptors (Lipinski definition) is 5. The van der Waals surface area contributed by atoms with Crippen molar-refractivity contribution in [1.82, 2.24) is 10.3 Å². The first-order valence-corrected chi connectivity index (χ1v) is 7.77. The third kappa shape index (κ3) is 3.89. The lowest BCUT2D eigenvalue weighted by molar-refractivity contribution is 0.577. The monoisotopic (exact) mass is 310 g/mol. The number of nitrogens with one attached hydrogen (secondary N) is 2. The molecular weight excluding hydrogens is 300 g/mol. The summed E-state index contributed by atoms with van der Waals surface area (Å²) in [6, 6.07) is 4.53. The molecule has 8 nitrogen and oxygen atoms in total. The van der Waals surface area contributed by atoms with Crippen LogP contribution in [0.25, 0.3) is 0 Å². The van der Waals surface area contributed by atoms with Crippen LogP contribution in [-0.4, -0.2) is 21.9 Å². The van der Waals surface area contributed by atoms with Crippen LogP contribution in [0.2, 0.25) is 0 Å². The predicted octanol–water partition coefficient (Wildman–Crippen LogP) is -1.64. The van der Waals surface area contributed by atoms with Gasteiger partial charge in [0.1, 0.15) is 0 Å². The number of rotatable bonds is 4. The van der Waals surface area contributed by atoms with E-state index in [1.165, 1.54) is 18.2 Å². The molecule has 0 unspecified atom stereocenters. The average molecular weight is 310 g/mol. The summed E-state index contributed by atoms with van der Waals surface area (Å²) in [7, 11) is -7.97. The van der Waals surface area contributed by atoms with E-state index in [0.717, 1.165) is 6.07 Å². The maximum atomic E-state index is 11.7.